The molecular weight excluding hydrogens is 272 g/mol. The Morgan fingerprint density at radius 2 is 2.14 bits per heavy atom. The van der Waals surface area contributed by atoms with Crippen molar-refractivity contribution >= 4 is 17.7 Å². The number of hydrogen-bond donors (Lipinski definition) is 1. The zero-order valence-electron chi connectivity index (χ0n) is 11.7. The summed E-state index contributed by atoms with van der Waals surface area (Å²) in [7, 11) is 1.60. The van der Waals surface area contributed by atoms with Gasteiger partial charge < -0.3 is 9.64 Å². The Bertz CT molecular complexity index is 626. The van der Waals surface area contributed by atoms with Crippen LogP contribution in [0.5, 0.6) is 0 Å². The molecule has 1 aromatic rings. The number of hydrogen-bond acceptors (Lipinski definition) is 4. The average molecular weight is 288 g/mol. The summed E-state index contributed by atoms with van der Waals surface area (Å²) in [6.07, 6.45) is 0.654. The highest BCUT2D eigenvalue weighted by atomic mass is 16.5. The van der Waals surface area contributed by atoms with E-state index in [1.807, 2.05) is 18.2 Å². The summed E-state index contributed by atoms with van der Waals surface area (Å²) in [5.74, 6) is -0.815. The number of nitrogens with one attached hydrogen (secondary N) is 1. The van der Waals surface area contributed by atoms with Gasteiger partial charge in [-0.2, -0.15) is 0 Å². The third-order valence-corrected chi connectivity index (χ3v) is 3.90. The van der Waals surface area contributed by atoms with Crippen LogP contribution in [0.3, 0.4) is 0 Å². The van der Waals surface area contributed by atoms with E-state index in [-0.39, 0.29) is 24.1 Å². The van der Waals surface area contributed by atoms with Crippen molar-refractivity contribution in [1.82, 2.24) is 10.2 Å². The minimum absolute atomic E-state index is 0.155. The fraction of sp³-hybridized carbons (Fsp3) is 0.400. The summed E-state index contributed by atoms with van der Waals surface area (Å²) >= 11 is 0. The lowest BCUT2D eigenvalue weighted by Crippen LogP contribution is -2.52. The second-order valence-corrected chi connectivity index (χ2v) is 5.32. The van der Waals surface area contributed by atoms with Crippen molar-refractivity contribution in [2.24, 2.45) is 0 Å². The smallest absolute Gasteiger partial charge is 0.255 e. The number of amides is 3. The topological polar surface area (TPSA) is 75.7 Å². The minimum Gasteiger partial charge on any atom is -0.380 e. The van der Waals surface area contributed by atoms with Crippen LogP contribution in [0.15, 0.2) is 18.2 Å². The fourth-order valence-corrected chi connectivity index (χ4v) is 2.86. The second-order valence-electron chi connectivity index (χ2n) is 5.32. The Morgan fingerprint density at radius 1 is 1.33 bits per heavy atom. The summed E-state index contributed by atoms with van der Waals surface area (Å²) < 4.78 is 5.07. The largest absolute Gasteiger partial charge is 0.380 e. The fourth-order valence-electron chi connectivity index (χ4n) is 2.86. The Labute approximate surface area is 122 Å². The molecule has 2 aliphatic heterocycles. The molecule has 21 heavy (non-hydrogen) atoms. The van der Waals surface area contributed by atoms with Gasteiger partial charge in [0.1, 0.15) is 6.04 Å². The van der Waals surface area contributed by atoms with E-state index < -0.39 is 6.04 Å². The van der Waals surface area contributed by atoms with Crippen molar-refractivity contribution in [3.05, 3.63) is 34.9 Å². The molecule has 6 nitrogen and oxygen atoms in total. The highest BCUT2D eigenvalue weighted by Gasteiger charge is 2.38. The number of fused-ring (bicyclic) bond motifs is 1. The number of ether oxygens (including phenoxy) is 1. The molecule has 110 valence electrons. The van der Waals surface area contributed by atoms with Crippen LogP contribution in [0, 0.1) is 0 Å². The van der Waals surface area contributed by atoms with Crippen molar-refractivity contribution in [2.45, 2.75) is 32.0 Å². The first-order valence-electron chi connectivity index (χ1n) is 6.85. The summed E-state index contributed by atoms with van der Waals surface area (Å²) in [5, 5.41) is 2.29. The molecule has 1 atom stereocenters. The molecule has 1 saturated heterocycles. The predicted octanol–water partition coefficient (Wildman–Crippen LogP) is 0.594. The Morgan fingerprint density at radius 3 is 2.86 bits per heavy atom. The zero-order valence-corrected chi connectivity index (χ0v) is 11.7. The number of imide groups is 1. The van der Waals surface area contributed by atoms with Gasteiger partial charge in [-0.1, -0.05) is 12.1 Å². The van der Waals surface area contributed by atoms with Crippen LogP contribution in [0.25, 0.3) is 0 Å². The second kappa shape index (κ2) is 5.29. The molecule has 1 fully saturated rings. The van der Waals surface area contributed by atoms with Crippen molar-refractivity contribution < 1.29 is 19.1 Å². The van der Waals surface area contributed by atoms with Gasteiger partial charge in [0.05, 0.1) is 6.61 Å². The first-order valence-corrected chi connectivity index (χ1v) is 6.85. The monoisotopic (exact) mass is 288 g/mol. The first-order chi connectivity index (χ1) is 10.1. The Kier molecular flexibility index (Phi) is 3.47. The molecule has 0 radical (unpaired) electrons. The third kappa shape index (κ3) is 2.42. The van der Waals surface area contributed by atoms with E-state index in [0.717, 1.165) is 11.1 Å². The molecular formula is C15H16N2O4. The molecule has 1 aromatic carbocycles. The van der Waals surface area contributed by atoms with Gasteiger partial charge in [-0.3, -0.25) is 19.7 Å². The molecule has 0 bridgehead atoms. The number of carbonyl (C=O) groups excluding carboxylic acids is 3. The molecule has 0 aliphatic carbocycles. The van der Waals surface area contributed by atoms with Gasteiger partial charge >= 0.3 is 0 Å². The molecule has 0 saturated carbocycles. The number of carbonyl (C=O) groups is 3. The van der Waals surface area contributed by atoms with Crippen LogP contribution < -0.4 is 5.32 Å². The number of nitrogens with zero attached hydrogens (tertiary/aromatic N) is 1. The minimum atomic E-state index is -0.562. The maximum Gasteiger partial charge on any atom is 0.255 e. The van der Waals surface area contributed by atoms with Gasteiger partial charge in [-0.05, 0) is 23.6 Å². The van der Waals surface area contributed by atoms with Gasteiger partial charge in [-0.25, -0.2) is 0 Å². The van der Waals surface area contributed by atoms with E-state index in [9.17, 15) is 14.4 Å². The van der Waals surface area contributed by atoms with Crippen molar-refractivity contribution in [1.29, 1.82) is 0 Å². The highest BCUT2D eigenvalue weighted by Crippen LogP contribution is 2.28. The molecule has 1 N–H and O–H groups in total. The van der Waals surface area contributed by atoms with E-state index >= 15 is 0 Å². The van der Waals surface area contributed by atoms with Crippen molar-refractivity contribution in [3.63, 3.8) is 0 Å². The SMILES string of the molecule is COCc1ccc2c(c1)C(=O)N(C1CCC(=O)NC1=O)C2. The lowest BCUT2D eigenvalue weighted by atomic mass is 10.0. The van der Waals surface area contributed by atoms with Crippen molar-refractivity contribution in [2.75, 3.05) is 7.11 Å². The van der Waals surface area contributed by atoms with E-state index in [4.69, 9.17) is 4.74 Å². The molecule has 2 aliphatic rings. The molecule has 6 heteroatoms. The van der Waals surface area contributed by atoms with Crippen LogP contribution in [-0.2, 0) is 27.5 Å². The standard InChI is InChI=1S/C15H16N2O4/c1-21-8-9-2-3-10-7-17(15(20)11(10)6-9)12-4-5-13(18)16-14(12)19/h2-3,6,12H,4-5,7-8H2,1H3,(H,16,18,19). The van der Waals surface area contributed by atoms with Crippen molar-refractivity contribution in [3.8, 4) is 0 Å². The van der Waals surface area contributed by atoms with Crippen LogP contribution >= 0.6 is 0 Å². The summed E-state index contributed by atoms with van der Waals surface area (Å²) in [4.78, 5) is 37.2. The zero-order chi connectivity index (χ0) is 15.0. The maximum atomic E-state index is 12.5. The van der Waals surface area contributed by atoms with Gasteiger partial charge in [-0.15, -0.1) is 0 Å². The molecule has 3 rings (SSSR count). The first kappa shape index (κ1) is 13.8. The van der Waals surface area contributed by atoms with Gasteiger partial charge in [0.15, 0.2) is 0 Å². The molecule has 0 aromatic heterocycles. The van der Waals surface area contributed by atoms with Gasteiger partial charge in [0.2, 0.25) is 11.8 Å². The van der Waals surface area contributed by atoms with Crippen LogP contribution in [0.4, 0.5) is 0 Å². The quantitative estimate of drug-likeness (QED) is 0.826. The summed E-state index contributed by atoms with van der Waals surface area (Å²) in [5.41, 5.74) is 2.45. The van der Waals surface area contributed by atoms with E-state index in [1.54, 1.807) is 12.0 Å². The lowest BCUT2D eigenvalue weighted by Gasteiger charge is -2.29. The summed E-state index contributed by atoms with van der Waals surface area (Å²) in [6.45, 7) is 0.854. The Balaban J connectivity index is 1.83. The number of benzene rings is 1. The van der Waals surface area contributed by atoms with Gasteiger partial charge in [0.25, 0.3) is 5.91 Å². The van der Waals surface area contributed by atoms with Crippen LogP contribution in [0.1, 0.15) is 34.3 Å². The van der Waals surface area contributed by atoms with Crippen LogP contribution in [-0.4, -0.2) is 35.8 Å². The number of piperidine rings is 1. The maximum absolute atomic E-state index is 12.5. The van der Waals surface area contributed by atoms with Crippen LogP contribution in [0.2, 0.25) is 0 Å². The van der Waals surface area contributed by atoms with E-state index in [2.05, 4.69) is 5.32 Å². The number of rotatable bonds is 3. The van der Waals surface area contributed by atoms with Gasteiger partial charge in [0, 0.05) is 25.6 Å². The van der Waals surface area contributed by atoms with E-state index in [0.29, 0.717) is 25.1 Å². The number of methoxy groups -OCH3 is 1. The molecule has 0 spiro atoms. The summed E-state index contributed by atoms with van der Waals surface area (Å²) in [6, 6.07) is 5.07. The molecule has 3 amide bonds. The molecule has 1 unspecified atom stereocenters. The van der Waals surface area contributed by atoms with E-state index in [1.165, 1.54) is 0 Å². The molecule has 2 heterocycles. The predicted molar refractivity (Wildman–Crippen MR) is 73.2 cm³/mol. The lowest BCUT2D eigenvalue weighted by molar-refractivity contribution is -0.136. The highest BCUT2D eigenvalue weighted by molar-refractivity contribution is 6.05. The third-order valence-electron chi connectivity index (χ3n) is 3.90. The normalized spacial score (nSPS) is 21.5. The average Bonchev–Trinajstić information content (AvgIpc) is 2.77. The Hall–Kier alpha value is -2.21.